The molecule has 2 saturated heterocycles. The molecular weight excluding hydrogens is 867 g/mol. The van der Waals surface area contributed by atoms with E-state index in [1.807, 2.05) is 78.9 Å². The Bertz CT molecular complexity index is 2650. The van der Waals surface area contributed by atoms with Crippen molar-refractivity contribution in [2.45, 2.75) is 114 Å². The number of carbonyl (C=O) groups is 7. The molecular formula is C51H61N9O8. The van der Waals surface area contributed by atoms with Gasteiger partial charge in [0.15, 0.2) is 0 Å². The molecule has 0 radical (unpaired) electrons. The van der Waals surface area contributed by atoms with E-state index in [0.717, 1.165) is 48.8 Å². The minimum absolute atomic E-state index is 0.0287. The molecule has 8 rings (SSSR count). The van der Waals surface area contributed by atoms with Crippen molar-refractivity contribution in [1.29, 1.82) is 0 Å². The lowest BCUT2D eigenvalue weighted by atomic mass is 9.78. The molecule has 4 aromatic rings. The van der Waals surface area contributed by atoms with Crippen LogP contribution in [0.5, 0.6) is 0 Å². The molecule has 1 saturated carbocycles. The molecule has 1 aliphatic carbocycles. The van der Waals surface area contributed by atoms with E-state index in [1.165, 1.54) is 9.13 Å². The van der Waals surface area contributed by atoms with Crippen molar-refractivity contribution < 1.29 is 33.6 Å². The Morgan fingerprint density at radius 3 is 2.12 bits per heavy atom. The summed E-state index contributed by atoms with van der Waals surface area (Å²) in [7, 11) is 1.67. The second-order valence-electron chi connectivity index (χ2n) is 19.0. The van der Waals surface area contributed by atoms with Crippen molar-refractivity contribution in [3.63, 3.8) is 0 Å². The largest absolute Gasteiger partial charge is 0.370 e. The molecule has 3 aliphatic heterocycles. The number of nitrogens with two attached hydrogens (primary N) is 2. The molecule has 17 nitrogen and oxygen atoms in total. The first-order valence-electron chi connectivity index (χ1n) is 23.8. The first kappa shape index (κ1) is 47.6. The molecule has 358 valence electrons. The second-order valence-corrected chi connectivity index (χ2v) is 19.0. The van der Waals surface area contributed by atoms with Crippen LogP contribution in [0.15, 0.2) is 89.2 Å². The number of rotatable bonds is 14. The molecule has 3 aromatic carbocycles. The van der Waals surface area contributed by atoms with E-state index >= 15 is 0 Å². The van der Waals surface area contributed by atoms with E-state index in [0.29, 0.717) is 54.8 Å². The topological polar surface area (TPSA) is 241 Å². The van der Waals surface area contributed by atoms with Gasteiger partial charge in [-0.05, 0) is 111 Å². The van der Waals surface area contributed by atoms with Crippen LogP contribution in [0.1, 0.15) is 100 Å². The fraction of sp³-hybridized carbons (Fsp3) is 0.451. The molecule has 0 unspecified atom stereocenters. The van der Waals surface area contributed by atoms with Crippen LogP contribution in [0.2, 0.25) is 0 Å². The number of hydrogen-bond acceptors (Lipinski definition) is 9. The van der Waals surface area contributed by atoms with Crippen molar-refractivity contribution in [1.82, 2.24) is 34.9 Å². The van der Waals surface area contributed by atoms with Crippen LogP contribution < -0.4 is 33.1 Å². The number of hydrogen-bond donors (Lipinski definition) is 5. The van der Waals surface area contributed by atoms with Crippen molar-refractivity contribution >= 4 is 58.1 Å². The summed E-state index contributed by atoms with van der Waals surface area (Å²) in [5.41, 5.74) is 16.4. The predicted molar refractivity (Wildman–Crippen MR) is 254 cm³/mol. The number of aromatic nitrogens is 2. The average Bonchev–Trinajstić information content (AvgIpc) is 3.85. The van der Waals surface area contributed by atoms with Crippen molar-refractivity contribution in [2.24, 2.45) is 30.4 Å². The highest BCUT2D eigenvalue weighted by atomic mass is 16.2. The Balaban J connectivity index is 0.854. The summed E-state index contributed by atoms with van der Waals surface area (Å²) in [5, 5.41) is 8.24. The molecule has 0 spiro atoms. The lowest BCUT2D eigenvalue weighted by Crippen LogP contribution is -2.60. The van der Waals surface area contributed by atoms with Gasteiger partial charge >= 0.3 is 5.69 Å². The average molecular weight is 928 g/mol. The van der Waals surface area contributed by atoms with E-state index < -0.39 is 59.6 Å². The van der Waals surface area contributed by atoms with Gasteiger partial charge in [-0.3, -0.25) is 48.0 Å². The number of fused-ring (bicyclic) bond motifs is 2. The summed E-state index contributed by atoms with van der Waals surface area (Å²) < 4.78 is 2.91. The maximum atomic E-state index is 14.1. The minimum atomic E-state index is -1.11. The molecule has 17 heteroatoms. The van der Waals surface area contributed by atoms with E-state index in [2.05, 4.69) is 16.0 Å². The van der Waals surface area contributed by atoms with Gasteiger partial charge in [0.1, 0.15) is 23.8 Å². The van der Waals surface area contributed by atoms with Gasteiger partial charge in [0.05, 0.1) is 23.5 Å². The van der Waals surface area contributed by atoms with Gasteiger partial charge in [-0.25, -0.2) is 4.79 Å². The molecule has 1 aromatic heterocycles. The molecule has 4 aliphatic rings. The van der Waals surface area contributed by atoms with Gasteiger partial charge in [0.25, 0.3) is 5.91 Å². The van der Waals surface area contributed by atoms with E-state index in [4.69, 9.17) is 11.5 Å². The zero-order chi connectivity index (χ0) is 48.2. The molecule has 68 heavy (non-hydrogen) atoms. The van der Waals surface area contributed by atoms with Crippen molar-refractivity contribution in [2.75, 3.05) is 13.1 Å². The lowest BCUT2D eigenvalue weighted by Gasteiger charge is -2.38. The third-order valence-corrected chi connectivity index (χ3v) is 14.3. The Hall–Kier alpha value is -6.88. The zero-order valence-electron chi connectivity index (χ0n) is 38.7. The third kappa shape index (κ3) is 10.3. The standard InChI is InChI=1S/C51H61N9O8/c1-30-25-43(62)55-49(66)46(30)60-39-20-17-33(27-41(39)57(2)51(60)68)26-31-13-15-32(16-14-31)28-44(63)58-24-23-36-18-21-40(59(36)50(67)37(52)29-58)48(65)54-38(19-22-42(53)61)47(64)56-45(34-9-5-3-6-10-34)35-11-7-4-8-12-35/h3-12,17,20,27,31-32,36-38,40,45H,13-16,18-19,21-26,28-29,52H2,1-2H3,(H2,53,61)(H,54,65)(H,56,64)(H,55,62,66)/t31?,32?,36-,37+,38+,40+/m1/s1. The monoisotopic (exact) mass is 927 g/mol. The van der Waals surface area contributed by atoms with Crippen molar-refractivity contribution in [3.05, 3.63) is 112 Å². The Kier molecular flexibility index (Phi) is 14.4. The summed E-state index contributed by atoms with van der Waals surface area (Å²) in [4.78, 5) is 109. The smallest absolute Gasteiger partial charge is 0.333 e. The maximum Gasteiger partial charge on any atom is 0.333 e. The van der Waals surface area contributed by atoms with E-state index in [1.54, 1.807) is 23.8 Å². The summed E-state index contributed by atoms with van der Waals surface area (Å²) in [5.74, 6) is -2.49. The normalized spacial score (nSPS) is 22.6. The summed E-state index contributed by atoms with van der Waals surface area (Å²) in [6, 6.07) is 20.8. The van der Waals surface area contributed by atoms with Crippen LogP contribution in [-0.4, -0.2) is 97.5 Å². The minimum Gasteiger partial charge on any atom is -0.370 e. The molecule has 4 atom stereocenters. The highest BCUT2D eigenvalue weighted by Gasteiger charge is 2.45. The SMILES string of the molecule is CC1=C(n2c(=O)n(C)c3cc(CC4CCC(CC(=O)N5CC[C@H]6CC[C@@H](C(=O)N[C@@H](CCC(N)=O)C(=O)NC(c7ccccc7)c7ccccc7)N6C(=O)[C@@H](N)C5)CC4)ccc32)C(=O)NC(=O)C1. The van der Waals surface area contributed by atoms with Gasteiger partial charge in [-0.15, -0.1) is 0 Å². The summed E-state index contributed by atoms with van der Waals surface area (Å²) >= 11 is 0. The van der Waals surface area contributed by atoms with Crippen LogP contribution in [-0.2, 0) is 47.0 Å². The van der Waals surface area contributed by atoms with Gasteiger partial charge in [-0.1, -0.05) is 66.7 Å². The summed E-state index contributed by atoms with van der Waals surface area (Å²) in [6.45, 7) is 2.11. The van der Waals surface area contributed by atoms with Crippen LogP contribution >= 0.6 is 0 Å². The fourth-order valence-corrected chi connectivity index (χ4v) is 10.7. The Morgan fingerprint density at radius 1 is 0.809 bits per heavy atom. The molecule has 4 heterocycles. The van der Waals surface area contributed by atoms with Gasteiger partial charge in [0.2, 0.25) is 35.4 Å². The van der Waals surface area contributed by atoms with Gasteiger partial charge in [0, 0.05) is 39.0 Å². The maximum absolute atomic E-state index is 14.1. The van der Waals surface area contributed by atoms with Crippen molar-refractivity contribution in [3.8, 4) is 0 Å². The summed E-state index contributed by atoms with van der Waals surface area (Å²) in [6.07, 6.45) is 5.99. The van der Waals surface area contributed by atoms with Gasteiger partial charge < -0.3 is 31.9 Å². The fourth-order valence-electron chi connectivity index (χ4n) is 10.7. The number of imidazole rings is 1. The number of benzene rings is 3. The second kappa shape index (κ2) is 20.6. The molecule has 3 fully saturated rings. The molecule has 7 amide bonds. The zero-order valence-corrected chi connectivity index (χ0v) is 38.7. The van der Waals surface area contributed by atoms with E-state index in [9.17, 15) is 38.4 Å². The number of carbonyl (C=O) groups excluding carboxylic acids is 7. The highest BCUT2D eigenvalue weighted by Crippen LogP contribution is 2.35. The Labute approximate surface area is 394 Å². The van der Waals surface area contributed by atoms with Gasteiger partial charge in [-0.2, -0.15) is 0 Å². The first-order chi connectivity index (χ1) is 32.7. The number of nitrogens with one attached hydrogen (secondary N) is 3. The number of nitrogens with zero attached hydrogens (tertiary/aromatic N) is 4. The highest BCUT2D eigenvalue weighted by molar-refractivity contribution is 6.23. The predicted octanol–water partition coefficient (Wildman–Crippen LogP) is 2.93. The van der Waals surface area contributed by atoms with Crippen LogP contribution in [0, 0.1) is 11.8 Å². The van der Waals surface area contributed by atoms with E-state index in [-0.39, 0.29) is 55.1 Å². The number of imide groups is 1. The third-order valence-electron chi connectivity index (χ3n) is 14.3. The molecule has 7 N–H and O–H groups in total. The first-order valence-corrected chi connectivity index (χ1v) is 23.8. The van der Waals surface area contributed by atoms with Crippen LogP contribution in [0.4, 0.5) is 0 Å². The lowest BCUT2D eigenvalue weighted by molar-refractivity contribution is -0.145. The number of aryl methyl sites for hydroxylation is 1. The Morgan fingerprint density at radius 2 is 1.47 bits per heavy atom. The molecule has 0 bridgehead atoms. The number of amides is 7. The quantitative estimate of drug-likeness (QED) is 0.117. The number of primary amides is 1. The van der Waals surface area contributed by atoms with Crippen LogP contribution in [0.3, 0.4) is 0 Å². The van der Waals surface area contributed by atoms with Crippen LogP contribution in [0.25, 0.3) is 16.7 Å².